The molecule has 0 aromatic heterocycles. The van der Waals surface area contributed by atoms with Crippen LogP contribution in [0.5, 0.6) is 0 Å². The second kappa shape index (κ2) is 5.44. The molecule has 2 aliphatic rings. The molecule has 2 fully saturated rings. The molecule has 0 bridgehead atoms. The molecule has 108 valence electrons. The summed E-state index contributed by atoms with van der Waals surface area (Å²) in [5.41, 5.74) is 1.14. The normalized spacial score (nSPS) is 24.9. The summed E-state index contributed by atoms with van der Waals surface area (Å²) in [5, 5.41) is 3.54. The highest BCUT2D eigenvalue weighted by molar-refractivity contribution is 5.73. The standard InChI is InChI=1S/C16H22N2O2/c1-13(19)18-9-7-16(8-10-18)11-15(12-20-16)17-14-5-3-2-4-6-14/h2-6,15,17H,7-12H2,1H3/t15-/m0/s1. The maximum absolute atomic E-state index is 11.4. The van der Waals surface area contributed by atoms with Gasteiger partial charge in [-0.15, -0.1) is 0 Å². The lowest BCUT2D eigenvalue weighted by Crippen LogP contribution is -2.46. The average molecular weight is 274 g/mol. The monoisotopic (exact) mass is 274 g/mol. The van der Waals surface area contributed by atoms with Gasteiger partial charge in [-0.25, -0.2) is 0 Å². The Hall–Kier alpha value is -1.55. The summed E-state index contributed by atoms with van der Waals surface area (Å²) in [5.74, 6) is 0.178. The smallest absolute Gasteiger partial charge is 0.219 e. The number of amides is 1. The number of nitrogens with zero attached hydrogens (tertiary/aromatic N) is 1. The highest BCUT2D eigenvalue weighted by Gasteiger charge is 2.43. The van der Waals surface area contributed by atoms with E-state index in [-0.39, 0.29) is 11.5 Å². The van der Waals surface area contributed by atoms with Gasteiger partial charge in [0.05, 0.1) is 18.2 Å². The first-order valence-corrected chi connectivity index (χ1v) is 7.38. The molecule has 0 saturated carbocycles. The molecule has 1 aromatic carbocycles. The van der Waals surface area contributed by atoms with Gasteiger partial charge >= 0.3 is 0 Å². The highest BCUT2D eigenvalue weighted by atomic mass is 16.5. The second-order valence-electron chi connectivity index (χ2n) is 5.91. The number of likely N-dealkylation sites (tertiary alicyclic amines) is 1. The third-order valence-electron chi connectivity index (χ3n) is 4.47. The fourth-order valence-electron chi connectivity index (χ4n) is 3.28. The van der Waals surface area contributed by atoms with Crippen molar-refractivity contribution in [1.29, 1.82) is 0 Å². The summed E-state index contributed by atoms with van der Waals surface area (Å²) in [6.45, 7) is 4.06. The molecule has 4 heteroatoms. The van der Waals surface area contributed by atoms with Crippen molar-refractivity contribution >= 4 is 11.6 Å². The van der Waals surface area contributed by atoms with Gasteiger partial charge < -0.3 is 15.0 Å². The Bertz CT molecular complexity index is 467. The molecule has 1 atom stereocenters. The molecular weight excluding hydrogens is 252 g/mol. The first-order chi connectivity index (χ1) is 9.67. The number of piperidine rings is 1. The van der Waals surface area contributed by atoms with Crippen molar-refractivity contribution in [3.8, 4) is 0 Å². The van der Waals surface area contributed by atoms with Gasteiger partial charge in [0.15, 0.2) is 0 Å². The van der Waals surface area contributed by atoms with Gasteiger partial charge in [0.25, 0.3) is 0 Å². The van der Waals surface area contributed by atoms with Crippen LogP contribution in [0.1, 0.15) is 26.2 Å². The molecule has 0 unspecified atom stereocenters. The lowest BCUT2D eigenvalue weighted by Gasteiger charge is -2.38. The molecule has 20 heavy (non-hydrogen) atoms. The van der Waals surface area contributed by atoms with E-state index in [1.165, 1.54) is 0 Å². The fourth-order valence-corrected chi connectivity index (χ4v) is 3.28. The average Bonchev–Trinajstić information content (AvgIpc) is 2.83. The van der Waals surface area contributed by atoms with E-state index in [2.05, 4.69) is 17.4 Å². The fraction of sp³-hybridized carbons (Fsp3) is 0.562. The molecule has 2 heterocycles. The van der Waals surface area contributed by atoms with Crippen LogP contribution in [-0.2, 0) is 9.53 Å². The van der Waals surface area contributed by atoms with E-state index in [0.717, 1.165) is 44.6 Å². The molecule has 4 nitrogen and oxygen atoms in total. The number of hydrogen-bond donors (Lipinski definition) is 1. The number of rotatable bonds is 2. The predicted molar refractivity (Wildman–Crippen MR) is 78.6 cm³/mol. The quantitative estimate of drug-likeness (QED) is 0.899. The summed E-state index contributed by atoms with van der Waals surface area (Å²) < 4.78 is 6.09. The van der Waals surface area contributed by atoms with Gasteiger partial charge in [-0.3, -0.25) is 4.79 Å². The number of carbonyl (C=O) groups excluding carboxylic acids is 1. The van der Waals surface area contributed by atoms with E-state index in [1.807, 2.05) is 23.1 Å². The van der Waals surface area contributed by atoms with E-state index in [0.29, 0.717) is 6.04 Å². The van der Waals surface area contributed by atoms with Crippen LogP contribution in [0.25, 0.3) is 0 Å². The summed E-state index contributed by atoms with van der Waals surface area (Å²) in [4.78, 5) is 13.3. The summed E-state index contributed by atoms with van der Waals surface area (Å²) >= 11 is 0. The van der Waals surface area contributed by atoms with Crippen LogP contribution in [0.15, 0.2) is 30.3 Å². The molecule has 1 spiro atoms. The van der Waals surface area contributed by atoms with E-state index in [4.69, 9.17) is 4.74 Å². The number of hydrogen-bond acceptors (Lipinski definition) is 3. The SMILES string of the molecule is CC(=O)N1CCC2(CC1)C[C@H](Nc1ccccc1)CO2. The zero-order chi connectivity index (χ0) is 14.0. The second-order valence-corrected chi connectivity index (χ2v) is 5.91. The molecule has 3 rings (SSSR count). The van der Waals surface area contributed by atoms with Gasteiger partial charge in [0, 0.05) is 25.7 Å². The first-order valence-electron chi connectivity index (χ1n) is 7.38. The van der Waals surface area contributed by atoms with E-state index in [9.17, 15) is 4.79 Å². The number of para-hydroxylation sites is 1. The Morgan fingerprint density at radius 1 is 1.30 bits per heavy atom. The number of nitrogens with one attached hydrogen (secondary N) is 1. The van der Waals surface area contributed by atoms with Gasteiger partial charge in [-0.1, -0.05) is 18.2 Å². The van der Waals surface area contributed by atoms with Crippen molar-refractivity contribution in [1.82, 2.24) is 4.90 Å². The Balaban J connectivity index is 1.56. The van der Waals surface area contributed by atoms with Gasteiger partial charge in [0.2, 0.25) is 5.91 Å². The maximum atomic E-state index is 11.4. The molecular formula is C16H22N2O2. The lowest BCUT2D eigenvalue weighted by atomic mass is 9.87. The third-order valence-corrected chi connectivity index (χ3v) is 4.47. The predicted octanol–water partition coefficient (Wildman–Crippen LogP) is 2.27. The van der Waals surface area contributed by atoms with Crippen molar-refractivity contribution in [2.24, 2.45) is 0 Å². The zero-order valence-electron chi connectivity index (χ0n) is 12.0. The van der Waals surface area contributed by atoms with Crippen LogP contribution in [0.4, 0.5) is 5.69 Å². The van der Waals surface area contributed by atoms with E-state index >= 15 is 0 Å². The van der Waals surface area contributed by atoms with Crippen LogP contribution in [0, 0.1) is 0 Å². The van der Waals surface area contributed by atoms with Crippen molar-refractivity contribution < 1.29 is 9.53 Å². The van der Waals surface area contributed by atoms with Crippen molar-refractivity contribution in [3.63, 3.8) is 0 Å². The minimum Gasteiger partial charge on any atom is -0.380 e. The Morgan fingerprint density at radius 3 is 2.65 bits per heavy atom. The van der Waals surface area contributed by atoms with E-state index < -0.39 is 0 Å². The summed E-state index contributed by atoms with van der Waals surface area (Å²) in [7, 11) is 0. The molecule has 2 saturated heterocycles. The number of benzene rings is 1. The Labute approximate surface area is 120 Å². The number of ether oxygens (including phenoxy) is 1. The van der Waals surface area contributed by atoms with Gasteiger partial charge in [-0.2, -0.15) is 0 Å². The number of anilines is 1. The molecule has 0 aliphatic carbocycles. The topological polar surface area (TPSA) is 41.6 Å². The number of carbonyl (C=O) groups is 1. The van der Waals surface area contributed by atoms with Crippen molar-refractivity contribution in [2.45, 2.75) is 37.8 Å². The first kappa shape index (κ1) is 13.4. The Kier molecular flexibility index (Phi) is 3.66. The van der Waals surface area contributed by atoms with Crippen LogP contribution >= 0.6 is 0 Å². The molecule has 1 N–H and O–H groups in total. The molecule has 1 aromatic rings. The van der Waals surface area contributed by atoms with Crippen molar-refractivity contribution in [3.05, 3.63) is 30.3 Å². The van der Waals surface area contributed by atoms with Crippen molar-refractivity contribution in [2.75, 3.05) is 25.0 Å². The van der Waals surface area contributed by atoms with Gasteiger partial charge in [0.1, 0.15) is 0 Å². The van der Waals surface area contributed by atoms with Crippen LogP contribution < -0.4 is 5.32 Å². The van der Waals surface area contributed by atoms with E-state index in [1.54, 1.807) is 6.92 Å². The highest BCUT2D eigenvalue weighted by Crippen LogP contribution is 2.36. The minimum absolute atomic E-state index is 0.0155. The molecule has 2 aliphatic heterocycles. The molecule has 0 radical (unpaired) electrons. The lowest BCUT2D eigenvalue weighted by molar-refractivity contribution is -0.133. The zero-order valence-corrected chi connectivity index (χ0v) is 12.0. The minimum atomic E-state index is -0.0155. The Morgan fingerprint density at radius 2 is 2.00 bits per heavy atom. The third kappa shape index (κ3) is 2.80. The van der Waals surface area contributed by atoms with Crippen LogP contribution in [-0.4, -0.2) is 42.1 Å². The van der Waals surface area contributed by atoms with Gasteiger partial charge in [-0.05, 0) is 31.4 Å². The van der Waals surface area contributed by atoms with Crippen LogP contribution in [0.3, 0.4) is 0 Å². The maximum Gasteiger partial charge on any atom is 0.219 e. The summed E-state index contributed by atoms with van der Waals surface area (Å²) in [6, 6.07) is 10.7. The summed E-state index contributed by atoms with van der Waals surface area (Å²) in [6.07, 6.45) is 2.95. The van der Waals surface area contributed by atoms with Crippen LogP contribution in [0.2, 0.25) is 0 Å². The largest absolute Gasteiger partial charge is 0.380 e. The molecule has 1 amide bonds.